The zero-order chi connectivity index (χ0) is 16.2. The van der Waals surface area contributed by atoms with Gasteiger partial charge in [-0.15, -0.1) is 5.10 Å². The number of benzene rings is 1. The molecule has 0 amide bonds. The van der Waals surface area contributed by atoms with Crippen molar-refractivity contribution in [2.45, 2.75) is 24.8 Å². The Morgan fingerprint density at radius 2 is 1.96 bits per heavy atom. The number of oxazole rings is 1. The maximum atomic E-state index is 12.8. The summed E-state index contributed by atoms with van der Waals surface area (Å²) in [7, 11) is 0. The van der Waals surface area contributed by atoms with E-state index in [-0.39, 0.29) is 5.82 Å². The van der Waals surface area contributed by atoms with E-state index in [1.165, 1.54) is 23.9 Å². The highest BCUT2D eigenvalue weighted by molar-refractivity contribution is 7.98. The number of hydrogen-bond donors (Lipinski definition) is 1. The Morgan fingerprint density at radius 3 is 2.65 bits per heavy atom. The summed E-state index contributed by atoms with van der Waals surface area (Å²) in [5.74, 6) is 2.46. The molecule has 7 heteroatoms. The molecule has 0 bridgehead atoms. The maximum absolute atomic E-state index is 12.8. The van der Waals surface area contributed by atoms with Gasteiger partial charge in [-0.25, -0.2) is 14.4 Å². The van der Waals surface area contributed by atoms with Gasteiger partial charge in [-0.3, -0.25) is 5.10 Å². The first kappa shape index (κ1) is 15.5. The van der Waals surface area contributed by atoms with Gasteiger partial charge in [0.1, 0.15) is 17.4 Å². The fraction of sp³-hybridized carbons (Fsp3) is 0.188. The Labute approximate surface area is 137 Å². The van der Waals surface area contributed by atoms with E-state index in [4.69, 9.17) is 4.42 Å². The maximum Gasteiger partial charge on any atom is 0.209 e. The second kappa shape index (κ2) is 6.78. The molecule has 0 saturated heterocycles. The third-order valence-corrected chi connectivity index (χ3v) is 4.02. The fourth-order valence-electron chi connectivity index (χ4n) is 1.87. The van der Waals surface area contributed by atoms with Crippen molar-refractivity contribution in [3.8, 4) is 0 Å². The van der Waals surface area contributed by atoms with Crippen LogP contribution < -0.4 is 0 Å². The van der Waals surface area contributed by atoms with Crippen LogP contribution in [0, 0.1) is 19.7 Å². The van der Waals surface area contributed by atoms with E-state index in [0.29, 0.717) is 22.6 Å². The second-order valence-corrected chi connectivity index (χ2v) is 5.87. The number of aryl methyl sites for hydroxylation is 2. The summed E-state index contributed by atoms with van der Waals surface area (Å²) in [5, 5.41) is 7.60. The number of nitrogens with one attached hydrogen (secondary N) is 1. The zero-order valence-corrected chi connectivity index (χ0v) is 13.5. The molecule has 3 rings (SSSR count). The minimum atomic E-state index is -0.252. The Balaban J connectivity index is 1.60. The quantitative estimate of drug-likeness (QED) is 0.716. The van der Waals surface area contributed by atoms with Crippen molar-refractivity contribution in [2.24, 2.45) is 0 Å². The van der Waals surface area contributed by atoms with Gasteiger partial charge < -0.3 is 4.42 Å². The fourth-order valence-corrected chi connectivity index (χ4v) is 2.52. The van der Waals surface area contributed by atoms with E-state index in [1.54, 1.807) is 18.2 Å². The summed E-state index contributed by atoms with van der Waals surface area (Å²) in [5.41, 5.74) is 1.79. The molecule has 0 fully saturated rings. The molecule has 118 valence electrons. The number of halogens is 1. The van der Waals surface area contributed by atoms with Gasteiger partial charge in [0, 0.05) is 0 Å². The number of aromatic nitrogens is 4. The third kappa shape index (κ3) is 4.07. The molecule has 0 atom stereocenters. The van der Waals surface area contributed by atoms with E-state index in [1.807, 2.05) is 19.9 Å². The van der Waals surface area contributed by atoms with E-state index >= 15 is 0 Å². The van der Waals surface area contributed by atoms with Crippen LogP contribution in [0.1, 0.15) is 28.7 Å². The Morgan fingerprint density at radius 1 is 1.17 bits per heavy atom. The molecule has 2 heterocycles. The van der Waals surface area contributed by atoms with Crippen molar-refractivity contribution in [1.82, 2.24) is 20.2 Å². The van der Waals surface area contributed by atoms with E-state index in [0.717, 1.165) is 17.0 Å². The molecule has 0 spiro atoms. The van der Waals surface area contributed by atoms with Gasteiger partial charge in [-0.05, 0) is 37.6 Å². The van der Waals surface area contributed by atoms with Crippen molar-refractivity contribution in [3.05, 3.63) is 58.8 Å². The van der Waals surface area contributed by atoms with E-state index in [2.05, 4.69) is 20.2 Å². The summed E-state index contributed by atoms with van der Waals surface area (Å²) in [6.07, 6.45) is 3.64. The van der Waals surface area contributed by atoms with Crippen molar-refractivity contribution in [2.75, 3.05) is 0 Å². The summed E-state index contributed by atoms with van der Waals surface area (Å²) < 4.78 is 18.4. The highest BCUT2D eigenvalue weighted by Gasteiger charge is 2.08. The number of rotatable bonds is 5. The molecular weight excluding hydrogens is 315 g/mol. The van der Waals surface area contributed by atoms with Gasteiger partial charge in [0.15, 0.2) is 0 Å². The predicted octanol–water partition coefficient (Wildman–Crippen LogP) is 4.01. The van der Waals surface area contributed by atoms with Crippen LogP contribution in [0.5, 0.6) is 0 Å². The lowest BCUT2D eigenvalue weighted by Gasteiger charge is -1.92. The van der Waals surface area contributed by atoms with Crippen molar-refractivity contribution in [1.29, 1.82) is 0 Å². The van der Waals surface area contributed by atoms with Crippen LogP contribution >= 0.6 is 11.8 Å². The first-order valence-electron chi connectivity index (χ1n) is 7.02. The van der Waals surface area contributed by atoms with Crippen molar-refractivity contribution < 1.29 is 8.81 Å². The number of hydrogen-bond acceptors (Lipinski definition) is 5. The molecule has 0 radical (unpaired) electrons. The topological polar surface area (TPSA) is 67.6 Å². The summed E-state index contributed by atoms with van der Waals surface area (Å²) in [4.78, 5) is 8.67. The molecule has 0 unspecified atom stereocenters. The average molecular weight is 330 g/mol. The van der Waals surface area contributed by atoms with Crippen LogP contribution in [-0.4, -0.2) is 20.2 Å². The molecule has 0 aliphatic carbocycles. The highest BCUT2D eigenvalue weighted by atomic mass is 32.2. The Kier molecular flexibility index (Phi) is 4.57. The van der Waals surface area contributed by atoms with Gasteiger partial charge >= 0.3 is 0 Å². The second-order valence-electron chi connectivity index (χ2n) is 4.93. The molecular formula is C16H15FN4OS. The molecule has 23 heavy (non-hydrogen) atoms. The molecule has 5 nitrogen and oxygen atoms in total. The predicted molar refractivity (Wildman–Crippen MR) is 87.2 cm³/mol. The monoisotopic (exact) mass is 330 g/mol. The third-order valence-electron chi connectivity index (χ3n) is 3.18. The van der Waals surface area contributed by atoms with Crippen LogP contribution in [0.15, 0.2) is 33.8 Å². The lowest BCUT2D eigenvalue weighted by atomic mass is 10.2. The van der Waals surface area contributed by atoms with Gasteiger partial charge in [-0.2, -0.15) is 0 Å². The minimum Gasteiger partial charge on any atom is -0.445 e. The van der Waals surface area contributed by atoms with Gasteiger partial charge in [0.2, 0.25) is 11.0 Å². The van der Waals surface area contributed by atoms with Gasteiger partial charge in [-0.1, -0.05) is 30.0 Å². The average Bonchev–Trinajstić information content (AvgIpc) is 3.12. The van der Waals surface area contributed by atoms with Crippen molar-refractivity contribution in [3.63, 3.8) is 0 Å². The Bertz CT molecular complexity index is 803. The van der Waals surface area contributed by atoms with E-state index in [9.17, 15) is 4.39 Å². The van der Waals surface area contributed by atoms with Crippen LogP contribution in [0.4, 0.5) is 4.39 Å². The normalized spacial score (nSPS) is 11.4. The van der Waals surface area contributed by atoms with Crippen LogP contribution in [0.3, 0.4) is 0 Å². The van der Waals surface area contributed by atoms with Crippen LogP contribution in [-0.2, 0) is 5.75 Å². The summed E-state index contributed by atoms with van der Waals surface area (Å²) in [6, 6.07) is 6.24. The molecule has 0 aliphatic heterocycles. The first-order chi connectivity index (χ1) is 11.1. The number of nitrogens with zero attached hydrogens (tertiary/aromatic N) is 3. The van der Waals surface area contributed by atoms with Gasteiger partial charge in [0.25, 0.3) is 0 Å². The molecule has 3 aromatic rings. The minimum absolute atomic E-state index is 0.252. The smallest absolute Gasteiger partial charge is 0.209 e. The lowest BCUT2D eigenvalue weighted by Crippen LogP contribution is -1.82. The highest BCUT2D eigenvalue weighted by Crippen LogP contribution is 2.20. The molecule has 0 saturated carbocycles. The van der Waals surface area contributed by atoms with Crippen molar-refractivity contribution >= 4 is 23.9 Å². The summed E-state index contributed by atoms with van der Waals surface area (Å²) >= 11 is 1.45. The summed E-state index contributed by atoms with van der Waals surface area (Å²) in [6.45, 7) is 3.81. The number of thioether (sulfide) groups is 1. The van der Waals surface area contributed by atoms with Crippen LogP contribution in [0.25, 0.3) is 12.2 Å². The Hall–Kier alpha value is -2.41. The van der Waals surface area contributed by atoms with Gasteiger partial charge in [0.05, 0.1) is 11.4 Å². The molecule has 1 N–H and O–H groups in total. The number of aromatic amines is 1. The van der Waals surface area contributed by atoms with Crippen LogP contribution in [0.2, 0.25) is 0 Å². The first-order valence-corrected chi connectivity index (χ1v) is 8.00. The molecule has 0 aliphatic rings. The van der Waals surface area contributed by atoms with E-state index < -0.39 is 0 Å². The molecule has 2 aromatic heterocycles. The zero-order valence-electron chi connectivity index (χ0n) is 12.7. The standard InChI is InChI=1S/C16H15FN4OS/c1-10-11(2)22-15(18-10)9-23-16-19-14(20-21-16)8-5-12-3-6-13(17)7-4-12/h3-8H,9H2,1-2H3,(H,19,20,21). The molecule has 1 aromatic carbocycles. The SMILES string of the molecule is Cc1nc(CSc2n[nH]c(C=Cc3ccc(F)cc3)n2)oc1C. The largest absolute Gasteiger partial charge is 0.445 e. The lowest BCUT2D eigenvalue weighted by molar-refractivity contribution is 0.489. The number of H-pyrrole nitrogens is 1.